The molecule has 7 aromatic carbocycles. The summed E-state index contributed by atoms with van der Waals surface area (Å²) in [6, 6.07) is 46.8. The first-order chi connectivity index (χ1) is 34.9. The van der Waals surface area contributed by atoms with E-state index < -0.39 is 10.0 Å². The van der Waals surface area contributed by atoms with Crippen LogP contribution in [0.3, 0.4) is 0 Å². The Hall–Kier alpha value is -6.77. The molecule has 13 aromatic rings. The Kier molecular flexibility index (Phi) is 8.57. The van der Waals surface area contributed by atoms with Crippen molar-refractivity contribution in [3.63, 3.8) is 0 Å². The lowest BCUT2D eigenvalue weighted by Gasteiger charge is -2.52. The van der Waals surface area contributed by atoms with Crippen LogP contribution in [-0.4, -0.2) is 40.4 Å². The van der Waals surface area contributed by atoms with Gasteiger partial charge in [0.05, 0.1) is 38.5 Å². The molecule has 6 nitrogen and oxygen atoms in total. The molecule has 0 amide bonds. The van der Waals surface area contributed by atoms with Crippen LogP contribution in [-0.2, 0) is 12.8 Å². The molecule has 6 aromatic heterocycles. The lowest BCUT2D eigenvalue weighted by molar-refractivity contribution is 0.411. The molecule has 0 saturated carbocycles. The van der Waals surface area contributed by atoms with Gasteiger partial charge in [0, 0.05) is 33.6 Å². The number of furan rings is 2. The topological polar surface area (TPSA) is 45.0 Å². The summed E-state index contributed by atoms with van der Waals surface area (Å²) in [6.07, 6.45) is 1.96. The second-order valence-corrected chi connectivity index (χ2v) is 29.9. The van der Waals surface area contributed by atoms with Crippen molar-refractivity contribution in [2.75, 3.05) is 0 Å². The summed E-state index contributed by atoms with van der Waals surface area (Å²) < 4.78 is 24.3. The maximum Gasteiger partial charge on any atom is 0.258 e. The van der Waals surface area contributed by atoms with Crippen LogP contribution in [0.4, 0.5) is 0 Å². The fraction of sp³-hybridized carbons (Fsp3) is 0.292. The smallest absolute Gasteiger partial charge is 0.258 e. The molecule has 2 aliphatic rings. The molecule has 0 N–H and O–H groups in total. The van der Waals surface area contributed by atoms with Crippen LogP contribution in [0.5, 0.6) is 0 Å². The summed E-state index contributed by atoms with van der Waals surface area (Å²) in [5, 5.41) is 8.61. The van der Waals surface area contributed by atoms with Gasteiger partial charge in [0.1, 0.15) is 33.6 Å². The van der Waals surface area contributed by atoms with Gasteiger partial charge in [-0.2, -0.15) is 0 Å². The highest BCUT2D eigenvalue weighted by atomic mass is 32.3. The van der Waals surface area contributed by atoms with Crippen LogP contribution in [0.25, 0.3) is 110 Å². The third-order valence-electron chi connectivity index (χ3n) is 17.1. The summed E-state index contributed by atoms with van der Waals surface area (Å²) in [7, 11) is -1.40. The van der Waals surface area contributed by atoms with Gasteiger partial charge in [-0.15, -0.1) is 0 Å². The minimum Gasteiger partial charge on any atom is -0.456 e. The Labute approximate surface area is 427 Å². The summed E-state index contributed by atoms with van der Waals surface area (Å²) in [5.74, 6) is 0. The monoisotopic (exact) mass is 974 g/mol. The quantitative estimate of drug-likeness (QED) is 0.156. The Balaban J connectivity index is 1.21. The first-order valence-electron chi connectivity index (χ1n) is 26.8. The normalized spacial score (nSPS) is 14.4. The number of benzene rings is 7. The number of imidazole rings is 2. The van der Waals surface area contributed by atoms with E-state index in [2.05, 4.69) is 222 Å². The minimum atomic E-state index is -1.40. The van der Waals surface area contributed by atoms with Gasteiger partial charge in [0.25, 0.3) is 6.71 Å². The zero-order valence-corrected chi connectivity index (χ0v) is 45.1. The fourth-order valence-electron chi connectivity index (χ4n) is 15.0. The van der Waals surface area contributed by atoms with Gasteiger partial charge in [-0.3, -0.25) is 17.9 Å². The largest absolute Gasteiger partial charge is 0.456 e. The molecule has 0 spiro atoms. The first-order valence-corrected chi connectivity index (χ1v) is 28.6. The van der Waals surface area contributed by atoms with Crippen LogP contribution < -0.4 is 16.4 Å². The van der Waals surface area contributed by atoms with Crippen LogP contribution in [0.15, 0.2) is 135 Å². The van der Waals surface area contributed by atoms with Crippen LogP contribution in [0.1, 0.15) is 94.2 Å². The van der Waals surface area contributed by atoms with Gasteiger partial charge in [-0.05, 0) is 149 Å². The van der Waals surface area contributed by atoms with E-state index in [0.717, 1.165) is 51.3 Å². The van der Waals surface area contributed by atoms with E-state index in [1.807, 2.05) is 0 Å². The summed E-state index contributed by atoms with van der Waals surface area (Å²) in [5.41, 5.74) is 23.3. The van der Waals surface area contributed by atoms with Crippen molar-refractivity contribution in [1.82, 2.24) is 17.9 Å². The molecular formula is C65H63BN4O2S. The van der Waals surface area contributed by atoms with Gasteiger partial charge in [-0.25, -0.2) is 10.0 Å². The van der Waals surface area contributed by atoms with E-state index in [0.29, 0.717) is 15.7 Å². The highest BCUT2D eigenvalue weighted by molar-refractivity contribution is 8.35. The lowest BCUT2D eigenvalue weighted by atomic mass is 9.34. The van der Waals surface area contributed by atoms with Crippen molar-refractivity contribution in [1.29, 1.82) is 0 Å². The fourth-order valence-corrected chi connectivity index (χ4v) is 20.5. The molecule has 0 aliphatic carbocycles. The Morgan fingerprint density at radius 2 is 0.986 bits per heavy atom. The predicted octanol–water partition coefficient (Wildman–Crippen LogP) is 15.9. The lowest BCUT2D eigenvalue weighted by Crippen LogP contribution is -2.59. The van der Waals surface area contributed by atoms with E-state index in [-0.39, 0.29) is 17.5 Å². The Morgan fingerprint density at radius 3 is 1.59 bits per heavy atom. The number of hydrogen-bond donors (Lipinski definition) is 0. The van der Waals surface area contributed by atoms with Crippen molar-refractivity contribution >= 4 is 132 Å². The standard InChI is InChI=1S/C65H63BN4O2S/c1-35(2)73(36(3)4,37(5)6)40-29-51-60-52(30-40)68-47-25-22-39(34-65(10,11)12)28-50(47)70-61-43(23-26-55-57(61)42-18-14-16-20-54(42)71-55)58(63(68)70)66(60)59-45-31-44-41-17-13-15-19-53(41)72-56(44)32-48(45)69-49-27-38(33-64(7,8)9)21-24-46(49)67(51)62(59)69/h13-32,35-37H,33-34H2,1-12H3. The maximum absolute atomic E-state index is 6.79. The molecule has 0 bridgehead atoms. The summed E-state index contributed by atoms with van der Waals surface area (Å²) >= 11 is 0. The zero-order valence-electron chi connectivity index (χ0n) is 44.3. The molecule has 364 valence electrons. The van der Waals surface area contributed by atoms with E-state index >= 15 is 0 Å². The van der Waals surface area contributed by atoms with Crippen LogP contribution in [0, 0.1) is 10.8 Å². The molecular weight excluding hydrogens is 912 g/mol. The number of hydrogen-bond acceptors (Lipinski definition) is 2. The molecule has 8 heterocycles. The number of aromatic nitrogens is 4. The van der Waals surface area contributed by atoms with Gasteiger partial charge < -0.3 is 8.83 Å². The predicted molar refractivity (Wildman–Crippen MR) is 314 cm³/mol. The highest BCUT2D eigenvalue weighted by Gasteiger charge is 2.47. The summed E-state index contributed by atoms with van der Waals surface area (Å²) in [4.78, 5) is 1.50. The maximum atomic E-state index is 6.79. The molecule has 15 rings (SSSR count). The molecule has 0 atom stereocenters. The van der Waals surface area contributed by atoms with Crippen molar-refractivity contribution < 1.29 is 8.83 Å². The second kappa shape index (κ2) is 14.3. The molecule has 0 fully saturated rings. The molecule has 0 radical (unpaired) electrons. The average Bonchev–Trinajstić information content (AvgIpc) is 4.16. The molecule has 2 aliphatic heterocycles. The number of nitrogens with zero attached hydrogens (tertiary/aromatic N) is 4. The zero-order chi connectivity index (χ0) is 50.1. The van der Waals surface area contributed by atoms with Crippen molar-refractivity contribution in [2.45, 2.75) is 117 Å². The molecule has 0 saturated heterocycles. The van der Waals surface area contributed by atoms with Crippen molar-refractivity contribution in [3.8, 4) is 11.4 Å². The Bertz CT molecular complexity index is 4560. The molecule has 0 unspecified atom stereocenters. The number of fused-ring (bicyclic) bond motifs is 23. The first kappa shape index (κ1) is 43.8. The van der Waals surface area contributed by atoms with Crippen LogP contribution >= 0.6 is 10.0 Å². The Morgan fingerprint density at radius 1 is 0.452 bits per heavy atom. The number of rotatable bonds is 6. The van der Waals surface area contributed by atoms with E-state index in [9.17, 15) is 0 Å². The van der Waals surface area contributed by atoms with Crippen molar-refractivity contribution in [3.05, 3.63) is 132 Å². The second-order valence-electron chi connectivity index (χ2n) is 25.1. The van der Waals surface area contributed by atoms with Crippen LogP contribution in [0.2, 0.25) is 0 Å². The van der Waals surface area contributed by atoms with Gasteiger partial charge in [-0.1, -0.05) is 132 Å². The van der Waals surface area contributed by atoms with E-state index in [1.54, 1.807) is 0 Å². The highest BCUT2D eigenvalue weighted by Crippen LogP contribution is 2.67. The van der Waals surface area contributed by atoms with E-state index in [4.69, 9.17) is 8.83 Å². The summed E-state index contributed by atoms with van der Waals surface area (Å²) in [6.45, 7) is 29.0. The van der Waals surface area contributed by atoms with Gasteiger partial charge in [0.2, 0.25) is 0 Å². The molecule has 73 heavy (non-hydrogen) atoms. The average molecular weight is 975 g/mol. The van der Waals surface area contributed by atoms with E-state index in [1.165, 1.54) is 104 Å². The third kappa shape index (κ3) is 5.58. The van der Waals surface area contributed by atoms with Gasteiger partial charge in [0.15, 0.2) is 0 Å². The minimum absolute atomic E-state index is 0.0939. The number of para-hydroxylation sites is 2. The SMILES string of the molecule is CC(C)S(c1cc2c3c(c1)-n1c4ccc(CC(C)(C)C)cc4n4c5c(ccc6oc7ccccc7c65)c(c14)B3c1c3cc4c(cc3n3c5cc(CC(C)(C)C)ccc5n-2c13)oc1ccccc14)(C(C)C)C(C)C. The van der Waals surface area contributed by atoms with Gasteiger partial charge >= 0.3 is 0 Å². The molecule has 8 heteroatoms. The third-order valence-corrected chi connectivity index (χ3v) is 22.8. The van der Waals surface area contributed by atoms with Crippen molar-refractivity contribution in [2.24, 2.45) is 10.8 Å².